The number of carbonyl (C=O) groups is 2. The van der Waals surface area contributed by atoms with Crippen LogP contribution in [-0.2, 0) is 9.59 Å². The van der Waals surface area contributed by atoms with Gasteiger partial charge in [0.15, 0.2) is 0 Å². The van der Waals surface area contributed by atoms with Gasteiger partial charge in [0.25, 0.3) is 0 Å². The molecule has 26 heavy (non-hydrogen) atoms. The number of pyridine rings is 1. The van der Waals surface area contributed by atoms with Gasteiger partial charge in [-0.3, -0.25) is 14.6 Å². The first-order valence-corrected chi connectivity index (χ1v) is 9.67. The topological polar surface area (TPSA) is 79.5 Å². The molecular formula is C20H32N4O2. The van der Waals surface area contributed by atoms with Crippen LogP contribution in [0, 0.1) is 17.8 Å². The maximum atomic E-state index is 13.2. The lowest BCUT2D eigenvalue weighted by atomic mass is 9.81. The van der Waals surface area contributed by atoms with Crippen molar-refractivity contribution in [3.63, 3.8) is 0 Å². The van der Waals surface area contributed by atoms with Crippen LogP contribution in [0.2, 0.25) is 0 Å². The summed E-state index contributed by atoms with van der Waals surface area (Å²) in [7, 11) is 0. The van der Waals surface area contributed by atoms with Gasteiger partial charge in [-0.2, -0.15) is 0 Å². The first-order chi connectivity index (χ1) is 12.4. The zero-order valence-electron chi connectivity index (χ0n) is 16.2. The minimum atomic E-state index is -0.367. The number of aromatic nitrogens is 1. The van der Waals surface area contributed by atoms with Gasteiger partial charge in [0.2, 0.25) is 11.8 Å². The summed E-state index contributed by atoms with van der Waals surface area (Å²) >= 11 is 0. The van der Waals surface area contributed by atoms with E-state index in [1.165, 1.54) is 0 Å². The van der Waals surface area contributed by atoms with Gasteiger partial charge in [-0.25, -0.2) is 0 Å². The van der Waals surface area contributed by atoms with Gasteiger partial charge < -0.3 is 15.5 Å². The van der Waals surface area contributed by atoms with E-state index in [9.17, 15) is 9.59 Å². The van der Waals surface area contributed by atoms with Crippen molar-refractivity contribution in [2.24, 2.45) is 23.5 Å². The van der Waals surface area contributed by atoms with Crippen LogP contribution in [0.3, 0.4) is 0 Å². The molecule has 1 aliphatic heterocycles. The van der Waals surface area contributed by atoms with Gasteiger partial charge in [0, 0.05) is 56.1 Å². The van der Waals surface area contributed by atoms with Gasteiger partial charge in [-0.1, -0.05) is 27.2 Å². The van der Waals surface area contributed by atoms with Crippen molar-refractivity contribution in [1.29, 1.82) is 0 Å². The SMILES string of the molecule is CCC[C@H](C(N)=O)[C@@H](CC(C)C)C(=O)N1CCN(c2ccncc2)CC1. The molecule has 0 bridgehead atoms. The Balaban J connectivity index is 2.05. The Kier molecular flexibility index (Phi) is 7.42. The standard InChI is InChI=1S/C20H32N4O2/c1-4-5-17(19(21)25)18(14-15(2)3)20(26)24-12-10-23(11-13-24)16-6-8-22-9-7-16/h6-9,15,17-18H,4-5,10-14H2,1-3H3,(H2,21,25)/t17-,18+/m0/s1. The molecule has 2 N–H and O–H groups in total. The molecule has 2 amide bonds. The lowest BCUT2D eigenvalue weighted by Gasteiger charge is -2.39. The number of nitrogens with zero attached hydrogens (tertiary/aromatic N) is 3. The van der Waals surface area contributed by atoms with E-state index in [1.54, 1.807) is 12.4 Å². The van der Waals surface area contributed by atoms with Crippen LogP contribution in [-0.4, -0.2) is 47.9 Å². The number of hydrogen-bond donors (Lipinski definition) is 1. The molecule has 0 aliphatic carbocycles. The van der Waals surface area contributed by atoms with E-state index in [0.717, 1.165) is 25.2 Å². The molecular weight excluding hydrogens is 328 g/mol. The van der Waals surface area contributed by atoms with Crippen molar-refractivity contribution in [3.8, 4) is 0 Å². The van der Waals surface area contributed by atoms with Gasteiger partial charge in [-0.05, 0) is 30.9 Å². The Morgan fingerprint density at radius 2 is 1.73 bits per heavy atom. The van der Waals surface area contributed by atoms with Crippen molar-refractivity contribution in [3.05, 3.63) is 24.5 Å². The third-order valence-electron chi connectivity index (χ3n) is 5.11. The largest absolute Gasteiger partial charge is 0.369 e. The monoisotopic (exact) mass is 360 g/mol. The molecule has 144 valence electrons. The van der Waals surface area contributed by atoms with E-state index in [4.69, 9.17) is 5.73 Å². The molecule has 1 aromatic heterocycles. The maximum absolute atomic E-state index is 13.2. The van der Waals surface area contributed by atoms with E-state index in [1.807, 2.05) is 24.0 Å². The highest BCUT2D eigenvalue weighted by Gasteiger charge is 2.35. The minimum Gasteiger partial charge on any atom is -0.369 e. The molecule has 2 atom stereocenters. The van der Waals surface area contributed by atoms with Crippen LogP contribution in [0.4, 0.5) is 5.69 Å². The van der Waals surface area contributed by atoms with Crippen LogP contribution < -0.4 is 10.6 Å². The van der Waals surface area contributed by atoms with Gasteiger partial charge in [-0.15, -0.1) is 0 Å². The molecule has 1 aromatic rings. The lowest BCUT2D eigenvalue weighted by molar-refractivity contribution is -0.142. The molecule has 1 fully saturated rings. The fourth-order valence-electron chi connectivity index (χ4n) is 3.77. The predicted molar refractivity (Wildman–Crippen MR) is 104 cm³/mol. The molecule has 0 saturated carbocycles. The summed E-state index contributed by atoms with van der Waals surface area (Å²) in [6.45, 7) is 9.14. The van der Waals surface area contributed by atoms with E-state index in [-0.39, 0.29) is 23.7 Å². The molecule has 1 aliphatic rings. The summed E-state index contributed by atoms with van der Waals surface area (Å²) in [4.78, 5) is 33.4. The fourth-order valence-corrected chi connectivity index (χ4v) is 3.77. The Hall–Kier alpha value is -2.11. The third kappa shape index (κ3) is 5.19. The summed E-state index contributed by atoms with van der Waals surface area (Å²) < 4.78 is 0. The Morgan fingerprint density at radius 3 is 2.23 bits per heavy atom. The second kappa shape index (κ2) is 9.55. The van der Waals surface area contributed by atoms with Crippen LogP contribution in [0.15, 0.2) is 24.5 Å². The number of amides is 2. The number of anilines is 1. The number of piperazine rings is 1. The van der Waals surface area contributed by atoms with E-state index in [2.05, 4.69) is 23.7 Å². The number of hydrogen-bond acceptors (Lipinski definition) is 4. The minimum absolute atomic E-state index is 0.0883. The Labute approximate surface area is 156 Å². The van der Waals surface area contributed by atoms with E-state index < -0.39 is 0 Å². The molecule has 0 unspecified atom stereocenters. The highest BCUT2D eigenvalue weighted by Crippen LogP contribution is 2.27. The van der Waals surface area contributed by atoms with Gasteiger partial charge in [0.05, 0.1) is 0 Å². The van der Waals surface area contributed by atoms with Gasteiger partial charge >= 0.3 is 0 Å². The molecule has 2 heterocycles. The van der Waals surface area contributed by atoms with Crippen molar-refractivity contribution < 1.29 is 9.59 Å². The molecule has 6 nitrogen and oxygen atoms in total. The smallest absolute Gasteiger partial charge is 0.226 e. The number of primary amides is 1. The predicted octanol–water partition coefficient (Wildman–Crippen LogP) is 2.29. The second-order valence-electron chi connectivity index (χ2n) is 7.55. The summed E-state index contributed by atoms with van der Waals surface area (Å²) in [6.07, 6.45) is 5.80. The van der Waals surface area contributed by atoms with Crippen molar-refractivity contribution in [1.82, 2.24) is 9.88 Å². The molecule has 1 saturated heterocycles. The highest BCUT2D eigenvalue weighted by molar-refractivity contribution is 5.87. The summed E-state index contributed by atoms with van der Waals surface area (Å²) in [5.41, 5.74) is 6.77. The van der Waals surface area contributed by atoms with Gasteiger partial charge in [0.1, 0.15) is 0 Å². The number of rotatable bonds is 8. The molecule has 6 heteroatoms. The number of nitrogens with two attached hydrogens (primary N) is 1. The van der Waals surface area contributed by atoms with Crippen molar-refractivity contribution in [2.45, 2.75) is 40.0 Å². The molecule has 0 spiro atoms. The van der Waals surface area contributed by atoms with Crippen LogP contribution in [0.1, 0.15) is 40.0 Å². The highest BCUT2D eigenvalue weighted by atomic mass is 16.2. The van der Waals surface area contributed by atoms with E-state index in [0.29, 0.717) is 31.8 Å². The van der Waals surface area contributed by atoms with Crippen LogP contribution in [0.5, 0.6) is 0 Å². The lowest BCUT2D eigenvalue weighted by Crippen LogP contribution is -2.52. The zero-order chi connectivity index (χ0) is 19.1. The molecule has 0 radical (unpaired) electrons. The first-order valence-electron chi connectivity index (χ1n) is 9.67. The molecule has 2 rings (SSSR count). The zero-order valence-corrected chi connectivity index (χ0v) is 16.2. The number of carbonyl (C=O) groups excluding carboxylic acids is 2. The van der Waals surface area contributed by atoms with Crippen molar-refractivity contribution >= 4 is 17.5 Å². The van der Waals surface area contributed by atoms with Crippen LogP contribution in [0.25, 0.3) is 0 Å². The third-order valence-corrected chi connectivity index (χ3v) is 5.11. The average Bonchev–Trinajstić information content (AvgIpc) is 2.64. The Morgan fingerprint density at radius 1 is 1.12 bits per heavy atom. The fraction of sp³-hybridized carbons (Fsp3) is 0.650. The summed E-state index contributed by atoms with van der Waals surface area (Å²) in [6, 6.07) is 3.98. The molecule has 0 aromatic carbocycles. The van der Waals surface area contributed by atoms with E-state index >= 15 is 0 Å². The normalized spacial score (nSPS) is 17.2. The summed E-state index contributed by atoms with van der Waals surface area (Å²) in [5, 5.41) is 0. The first kappa shape index (κ1) is 20.2. The van der Waals surface area contributed by atoms with Crippen LogP contribution >= 0.6 is 0 Å². The Bertz CT molecular complexity index is 583. The average molecular weight is 361 g/mol. The summed E-state index contributed by atoms with van der Waals surface area (Å²) in [5.74, 6) is -0.583. The quantitative estimate of drug-likeness (QED) is 0.771. The second-order valence-corrected chi connectivity index (χ2v) is 7.55. The maximum Gasteiger partial charge on any atom is 0.226 e. The van der Waals surface area contributed by atoms with Crippen molar-refractivity contribution in [2.75, 3.05) is 31.1 Å².